The summed E-state index contributed by atoms with van der Waals surface area (Å²) in [4.78, 5) is 0. The molecule has 0 fully saturated rings. The standard InChI is InChI=1S/C5H7IN2/c1-8-4-5(2-6)3-7-8/h3-4H,2H2,1H3. The summed E-state index contributed by atoms with van der Waals surface area (Å²) in [6, 6.07) is 0. The normalized spacial score (nSPS) is 9.75. The SMILES string of the molecule is Cn1cc(CI)cn1. The van der Waals surface area contributed by atoms with E-state index in [1.807, 2.05) is 24.1 Å². The van der Waals surface area contributed by atoms with Gasteiger partial charge in [-0.25, -0.2) is 0 Å². The summed E-state index contributed by atoms with van der Waals surface area (Å²) in [5.41, 5.74) is 1.29. The molecule has 8 heavy (non-hydrogen) atoms. The maximum absolute atomic E-state index is 4.00. The fourth-order valence-corrected chi connectivity index (χ4v) is 0.935. The first-order chi connectivity index (χ1) is 3.83. The molecule has 44 valence electrons. The average Bonchev–Trinajstić information content (AvgIpc) is 2.14. The van der Waals surface area contributed by atoms with Gasteiger partial charge in [-0.15, -0.1) is 0 Å². The summed E-state index contributed by atoms with van der Waals surface area (Å²) >= 11 is 2.31. The van der Waals surface area contributed by atoms with Crippen molar-refractivity contribution in [1.82, 2.24) is 9.78 Å². The average molecular weight is 222 g/mol. The van der Waals surface area contributed by atoms with Crippen molar-refractivity contribution >= 4 is 22.6 Å². The second kappa shape index (κ2) is 2.48. The molecule has 1 rings (SSSR count). The lowest BCUT2D eigenvalue weighted by atomic mass is 10.4. The van der Waals surface area contributed by atoms with Gasteiger partial charge in [-0.2, -0.15) is 5.10 Å². The molecule has 0 amide bonds. The van der Waals surface area contributed by atoms with Gasteiger partial charge in [0.2, 0.25) is 0 Å². The Labute approximate surface area is 62.0 Å². The van der Waals surface area contributed by atoms with E-state index < -0.39 is 0 Å². The third-order valence-electron chi connectivity index (χ3n) is 0.913. The Hall–Kier alpha value is -0.0600. The van der Waals surface area contributed by atoms with Crippen molar-refractivity contribution in [2.75, 3.05) is 0 Å². The van der Waals surface area contributed by atoms with Crippen LogP contribution in [0.2, 0.25) is 0 Å². The minimum absolute atomic E-state index is 1.05. The molecule has 1 aromatic heterocycles. The fraction of sp³-hybridized carbons (Fsp3) is 0.400. The lowest BCUT2D eigenvalue weighted by Crippen LogP contribution is -1.84. The van der Waals surface area contributed by atoms with Crippen LogP contribution in [0, 0.1) is 0 Å². The summed E-state index contributed by atoms with van der Waals surface area (Å²) in [6.45, 7) is 0. The van der Waals surface area contributed by atoms with Crippen molar-refractivity contribution < 1.29 is 0 Å². The predicted molar refractivity (Wildman–Crippen MR) is 40.9 cm³/mol. The molecular formula is C5H7IN2. The van der Waals surface area contributed by atoms with Gasteiger partial charge in [-0.3, -0.25) is 4.68 Å². The van der Waals surface area contributed by atoms with Gasteiger partial charge in [-0.05, 0) is 5.56 Å². The molecule has 1 heterocycles. The van der Waals surface area contributed by atoms with E-state index in [0.717, 1.165) is 4.43 Å². The highest BCUT2D eigenvalue weighted by atomic mass is 127. The van der Waals surface area contributed by atoms with E-state index in [2.05, 4.69) is 27.7 Å². The van der Waals surface area contributed by atoms with E-state index in [-0.39, 0.29) is 0 Å². The topological polar surface area (TPSA) is 17.8 Å². The molecular weight excluding hydrogens is 215 g/mol. The van der Waals surface area contributed by atoms with E-state index in [1.54, 1.807) is 0 Å². The van der Waals surface area contributed by atoms with Gasteiger partial charge in [0.25, 0.3) is 0 Å². The van der Waals surface area contributed by atoms with Crippen LogP contribution in [0.15, 0.2) is 12.4 Å². The summed E-state index contributed by atoms with van der Waals surface area (Å²) in [7, 11) is 1.93. The fourth-order valence-electron chi connectivity index (χ4n) is 0.541. The quantitative estimate of drug-likeness (QED) is 0.518. The number of rotatable bonds is 1. The van der Waals surface area contributed by atoms with Gasteiger partial charge in [0, 0.05) is 17.7 Å². The smallest absolute Gasteiger partial charge is 0.0529 e. The molecule has 0 aliphatic rings. The molecule has 0 radical (unpaired) electrons. The van der Waals surface area contributed by atoms with Crippen LogP contribution in [0.5, 0.6) is 0 Å². The van der Waals surface area contributed by atoms with Gasteiger partial charge < -0.3 is 0 Å². The number of aromatic nitrogens is 2. The van der Waals surface area contributed by atoms with Gasteiger partial charge in [0.05, 0.1) is 6.20 Å². The third-order valence-corrected chi connectivity index (χ3v) is 1.79. The van der Waals surface area contributed by atoms with Crippen LogP contribution in [-0.2, 0) is 11.5 Å². The number of hydrogen-bond donors (Lipinski definition) is 0. The highest BCUT2D eigenvalue weighted by Gasteiger charge is 1.88. The second-order valence-electron chi connectivity index (χ2n) is 1.66. The minimum atomic E-state index is 1.05. The van der Waals surface area contributed by atoms with E-state index in [4.69, 9.17) is 0 Å². The molecule has 0 saturated heterocycles. The third kappa shape index (κ3) is 1.21. The van der Waals surface area contributed by atoms with Crippen molar-refractivity contribution in [3.8, 4) is 0 Å². The van der Waals surface area contributed by atoms with Crippen molar-refractivity contribution in [3.05, 3.63) is 18.0 Å². The molecule has 0 aliphatic carbocycles. The Morgan fingerprint density at radius 1 is 1.88 bits per heavy atom. The van der Waals surface area contributed by atoms with Crippen LogP contribution >= 0.6 is 22.6 Å². The van der Waals surface area contributed by atoms with Gasteiger partial charge in [-0.1, -0.05) is 22.6 Å². The molecule has 0 atom stereocenters. The van der Waals surface area contributed by atoms with Crippen LogP contribution in [0.1, 0.15) is 5.56 Å². The van der Waals surface area contributed by atoms with Crippen molar-refractivity contribution in [3.63, 3.8) is 0 Å². The van der Waals surface area contributed by atoms with Crippen molar-refractivity contribution in [2.24, 2.45) is 7.05 Å². The minimum Gasteiger partial charge on any atom is -0.276 e. The lowest BCUT2D eigenvalue weighted by molar-refractivity contribution is 0.767. The summed E-state index contributed by atoms with van der Waals surface area (Å²) < 4.78 is 2.86. The van der Waals surface area contributed by atoms with Crippen LogP contribution in [0.3, 0.4) is 0 Å². The molecule has 3 heteroatoms. The van der Waals surface area contributed by atoms with Crippen molar-refractivity contribution in [2.45, 2.75) is 4.43 Å². The molecule has 0 saturated carbocycles. The highest BCUT2D eigenvalue weighted by molar-refractivity contribution is 14.1. The number of nitrogens with zero attached hydrogens (tertiary/aromatic N) is 2. The monoisotopic (exact) mass is 222 g/mol. The summed E-state index contributed by atoms with van der Waals surface area (Å²) in [5, 5.41) is 4.00. The Morgan fingerprint density at radius 2 is 2.62 bits per heavy atom. The maximum atomic E-state index is 4.00. The van der Waals surface area contributed by atoms with E-state index in [1.165, 1.54) is 5.56 Å². The largest absolute Gasteiger partial charge is 0.276 e. The molecule has 0 bridgehead atoms. The molecule has 0 aromatic carbocycles. The van der Waals surface area contributed by atoms with Crippen molar-refractivity contribution in [1.29, 1.82) is 0 Å². The van der Waals surface area contributed by atoms with E-state index >= 15 is 0 Å². The van der Waals surface area contributed by atoms with E-state index in [9.17, 15) is 0 Å². The molecule has 2 nitrogen and oxygen atoms in total. The highest BCUT2D eigenvalue weighted by Crippen LogP contribution is 2.01. The second-order valence-corrected chi connectivity index (χ2v) is 2.42. The van der Waals surface area contributed by atoms with Gasteiger partial charge >= 0.3 is 0 Å². The Kier molecular flexibility index (Phi) is 1.88. The zero-order valence-electron chi connectivity index (χ0n) is 4.63. The number of alkyl halides is 1. The first-order valence-electron chi connectivity index (χ1n) is 2.36. The van der Waals surface area contributed by atoms with E-state index in [0.29, 0.717) is 0 Å². The lowest BCUT2D eigenvalue weighted by Gasteiger charge is -1.80. The van der Waals surface area contributed by atoms with Crippen LogP contribution < -0.4 is 0 Å². The molecule has 1 aromatic rings. The summed E-state index contributed by atoms with van der Waals surface area (Å²) in [6.07, 6.45) is 3.90. The Balaban J connectivity index is 2.84. The predicted octanol–water partition coefficient (Wildman–Crippen LogP) is 1.36. The Morgan fingerprint density at radius 3 is 2.88 bits per heavy atom. The number of aryl methyl sites for hydroxylation is 1. The molecule has 0 unspecified atom stereocenters. The number of hydrogen-bond acceptors (Lipinski definition) is 1. The molecule has 0 aliphatic heterocycles. The molecule has 0 spiro atoms. The number of halogens is 1. The Bertz CT molecular complexity index is 171. The van der Waals surface area contributed by atoms with Gasteiger partial charge in [0.1, 0.15) is 0 Å². The van der Waals surface area contributed by atoms with Crippen LogP contribution in [0.25, 0.3) is 0 Å². The van der Waals surface area contributed by atoms with Gasteiger partial charge in [0.15, 0.2) is 0 Å². The first-order valence-corrected chi connectivity index (χ1v) is 3.89. The molecule has 0 N–H and O–H groups in total. The van der Waals surface area contributed by atoms with Crippen LogP contribution in [-0.4, -0.2) is 9.78 Å². The zero-order valence-corrected chi connectivity index (χ0v) is 6.79. The zero-order chi connectivity index (χ0) is 5.98. The first kappa shape index (κ1) is 6.07. The maximum Gasteiger partial charge on any atom is 0.0529 e. The summed E-state index contributed by atoms with van der Waals surface area (Å²) in [5.74, 6) is 0. The van der Waals surface area contributed by atoms with Crippen LogP contribution in [0.4, 0.5) is 0 Å².